The van der Waals surface area contributed by atoms with Gasteiger partial charge in [0.15, 0.2) is 0 Å². The molecule has 0 nitrogen and oxygen atoms in total. The predicted molar refractivity (Wildman–Crippen MR) is 46.0 cm³/mol. The van der Waals surface area contributed by atoms with Crippen LogP contribution in [0.1, 0.15) is 0 Å². The fourth-order valence-corrected chi connectivity index (χ4v) is 1.29. The maximum absolute atomic E-state index is 5.76. The van der Waals surface area contributed by atoms with Crippen molar-refractivity contribution in [3.8, 4) is 0 Å². The van der Waals surface area contributed by atoms with Crippen molar-refractivity contribution in [2.24, 2.45) is 0 Å². The van der Waals surface area contributed by atoms with Gasteiger partial charge in [-0.3, -0.25) is 0 Å². The van der Waals surface area contributed by atoms with E-state index >= 15 is 0 Å². The quantitative estimate of drug-likeness (QED) is 0.518. The summed E-state index contributed by atoms with van der Waals surface area (Å²) in [6.45, 7) is 0. The van der Waals surface area contributed by atoms with E-state index in [2.05, 4.69) is 0 Å². The van der Waals surface area contributed by atoms with Crippen LogP contribution in [0.5, 0.6) is 0 Å². The number of benzene rings is 1. The summed E-state index contributed by atoms with van der Waals surface area (Å²) in [5.41, 5.74) is 0. The van der Waals surface area contributed by atoms with Gasteiger partial charge < -0.3 is 0 Å². The molecule has 0 amide bonds. The Morgan fingerprint density at radius 2 is 1.89 bits per heavy atom. The molecule has 1 aromatic rings. The molecule has 0 N–H and O–H groups in total. The van der Waals surface area contributed by atoms with Crippen LogP contribution in [0.2, 0.25) is 10.0 Å². The zero-order valence-electron chi connectivity index (χ0n) is 4.99. The fourth-order valence-electron chi connectivity index (χ4n) is 0.567. The molecule has 0 unspecified atom stereocenters. The fraction of sp³-hybridized carbons (Fsp3) is 0. The molecule has 0 saturated carbocycles. The van der Waals surface area contributed by atoms with Crippen LogP contribution in [0, 0.1) is 0 Å². The smallest absolute Gasteiger partial charge is 0.0420 e. The van der Waals surface area contributed by atoms with Crippen molar-refractivity contribution in [2.75, 3.05) is 0 Å². The van der Waals surface area contributed by atoms with Crippen molar-refractivity contribution in [1.29, 1.82) is 0 Å². The second-order valence-corrected chi connectivity index (χ2v) is 3.81. The van der Waals surface area contributed by atoms with E-state index in [4.69, 9.17) is 23.2 Å². The summed E-state index contributed by atoms with van der Waals surface area (Å²) < 4.78 is 0. The molecule has 0 radical (unpaired) electrons. The van der Waals surface area contributed by atoms with E-state index in [9.17, 15) is 0 Å². The summed E-state index contributed by atoms with van der Waals surface area (Å²) in [5, 5.41) is 2.69. The summed E-state index contributed by atoms with van der Waals surface area (Å²) >= 11 is 11.4. The van der Waals surface area contributed by atoms with E-state index < -0.39 is 0 Å². The molecule has 0 fully saturated rings. The minimum atomic E-state index is 0.708. The van der Waals surface area contributed by atoms with Crippen molar-refractivity contribution >= 4 is 38.6 Å². The van der Waals surface area contributed by atoms with Gasteiger partial charge in [0, 0.05) is 20.3 Å². The van der Waals surface area contributed by atoms with Crippen LogP contribution in [0.3, 0.4) is 0 Å². The number of hydrogen-bond acceptors (Lipinski definition) is 0. The van der Waals surface area contributed by atoms with Crippen molar-refractivity contribution in [2.45, 2.75) is 0 Å². The van der Waals surface area contributed by atoms with Crippen LogP contribution in [0.25, 0.3) is 0 Å². The van der Waals surface area contributed by atoms with E-state index in [1.165, 1.54) is 5.19 Å². The standard InChI is InChI=1S/C6H6Cl2Si/c7-4-1-2-6(9)5(8)3-4/h1-3H,9H3. The minimum Gasteiger partial charge on any atom is -0.0845 e. The Bertz CT molecular complexity index is 222. The van der Waals surface area contributed by atoms with E-state index in [-0.39, 0.29) is 0 Å². The lowest BCUT2D eigenvalue weighted by Crippen LogP contribution is -2.01. The van der Waals surface area contributed by atoms with Gasteiger partial charge in [-0.05, 0) is 12.1 Å². The van der Waals surface area contributed by atoms with Crippen LogP contribution in [-0.4, -0.2) is 10.2 Å². The Morgan fingerprint density at radius 3 is 2.33 bits per heavy atom. The molecule has 0 aliphatic rings. The van der Waals surface area contributed by atoms with Gasteiger partial charge in [0.2, 0.25) is 0 Å². The Kier molecular flexibility index (Phi) is 2.16. The van der Waals surface area contributed by atoms with E-state index in [0.29, 0.717) is 5.02 Å². The molecule has 3 heteroatoms. The SMILES string of the molecule is [SiH3]c1ccc(Cl)cc1Cl. The third kappa shape index (κ3) is 1.71. The molecule has 0 saturated heterocycles. The van der Waals surface area contributed by atoms with Crippen molar-refractivity contribution in [3.63, 3.8) is 0 Å². The summed E-state index contributed by atoms with van der Waals surface area (Å²) in [5.74, 6) is 0. The van der Waals surface area contributed by atoms with Crippen LogP contribution < -0.4 is 5.19 Å². The van der Waals surface area contributed by atoms with Crippen molar-refractivity contribution < 1.29 is 0 Å². The van der Waals surface area contributed by atoms with Crippen LogP contribution in [-0.2, 0) is 0 Å². The largest absolute Gasteiger partial charge is 0.0845 e. The predicted octanol–water partition coefficient (Wildman–Crippen LogP) is 0.984. The molecule has 0 aliphatic heterocycles. The summed E-state index contributed by atoms with van der Waals surface area (Å²) in [6, 6.07) is 5.58. The van der Waals surface area contributed by atoms with E-state index in [0.717, 1.165) is 15.3 Å². The molecule has 1 rings (SSSR count). The summed E-state index contributed by atoms with van der Waals surface area (Å²) in [4.78, 5) is 0. The first-order chi connectivity index (χ1) is 4.20. The van der Waals surface area contributed by atoms with Gasteiger partial charge in [-0.25, -0.2) is 0 Å². The maximum atomic E-state index is 5.76. The lowest BCUT2D eigenvalue weighted by molar-refractivity contribution is 1.76. The molecular formula is C6H6Cl2Si. The molecule has 0 aliphatic carbocycles. The normalized spacial score (nSPS) is 10.0. The maximum Gasteiger partial charge on any atom is 0.0420 e. The Balaban J connectivity index is 3.17. The Labute approximate surface area is 67.2 Å². The van der Waals surface area contributed by atoms with Gasteiger partial charge in [-0.15, -0.1) is 0 Å². The third-order valence-electron chi connectivity index (χ3n) is 1.13. The van der Waals surface area contributed by atoms with E-state index in [1.54, 1.807) is 6.07 Å². The molecule has 0 bridgehead atoms. The summed E-state index contributed by atoms with van der Waals surface area (Å²) in [6.07, 6.45) is 0. The topological polar surface area (TPSA) is 0 Å². The highest BCUT2D eigenvalue weighted by Crippen LogP contribution is 2.11. The highest BCUT2D eigenvalue weighted by molar-refractivity contribution is 6.45. The van der Waals surface area contributed by atoms with Crippen LogP contribution >= 0.6 is 23.2 Å². The van der Waals surface area contributed by atoms with Crippen LogP contribution in [0.15, 0.2) is 18.2 Å². The zero-order valence-corrected chi connectivity index (χ0v) is 8.50. The highest BCUT2D eigenvalue weighted by atomic mass is 35.5. The summed E-state index contributed by atoms with van der Waals surface area (Å²) in [7, 11) is 0.983. The molecule has 0 aromatic heterocycles. The van der Waals surface area contributed by atoms with Gasteiger partial charge in [0.25, 0.3) is 0 Å². The van der Waals surface area contributed by atoms with Crippen LogP contribution in [0.4, 0.5) is 0 Å². The monoisotopic (exact) mass is 176 g/mol. The molecule has 0 atom stereocenters. The van der Waals surface area contributed by atoms with E-state index in [1.807, 2.05) is 12.1 Å². The molecular weight excluding hydrogens is 171 g/mol. The average molecular weight is 177 g/mol. The Hall–Kier alpha value is 0.0169. The zero-order chi connectivity index (χ0) is 6.85. The first-order valence-electron chi connectivity index (χ1n) is 2.62. The molecule has 9 heavy (non-hydrogen) atoms. The van der Waals surface area contributed by atoms with Gasteiger partial charge in [0.1, 0.15) is 0 Å². The first-order valence-corrected chi connectivity index (χ1v) is 4.37. The number of rotatable bonds is 0. The van der Waals surface area contributed by atoms with Gasteiger partial charge in [-0.1, -0.05) is 34.5 Å². The van der Waals surface area contributed by atoms with Crippen molar-refractivity contribution in [1.82, 2.24) is 0 Å². The second-order valence-electron chi connectivity index (χ2n) is 1.89. The van der Waals surface area contributed by atoms with Crippen molar-refractivity contribution in [3.05, 3.63) is 28.2 Å². The Morgan fingerprint density at radius 1 is 1.22 bits per heavy atom. The lowest BCUT2D eigenvalue weighted by Gasteiger charge is -1.94. The lowest BCUT2D eigenvalue weighted by atomic mass is 10.4. The van der Waals surface area contributed by atoms with Gasteiger partial charge >= 0.3 is 0 Å². The second kappa shape index (κ2) is 2.73. The highest BCUT2D eigenvalue weighted by Gasteiger charge is 1.92. The van der Waals surface area contributed by atoms with Gasteiger partial charge in [-0.2, -0.15) is 0 Å². The number of hydrogen-bond donors (Lipinski definition) is 0. The molecule has 0 spiro atoms. The number of halogens is 2. The first kappa shape index (κ1) is 7.13. The third-order valence-corrected chi connectivity index (χ3v) is 2.97. The average Bonchev–Trinajstić information content (AvgIpc) is 1.80. The molecule has 48 valence electrons. The van der Waals surface area contributed by atoms with Gasteiger partial charge in [0.05, 0.1) is 0 Å². The minimum absolute atomic E-state index is 0.708. The molecule has 0 heterocycles. The molecule has 1 aromatic carbocycles.